The molecule has 0 radical (unpaired) electrons. The van der Waals surface area contributed by atoms with Crippen LogP contribution in [0.5, 0.6) is 5.75 Å². The largest absolute Gasteiger partial charge is 0.496 e. The van der Waals surface area contributed by atoms with Gasteiger partial charge in [0.2, 0.25) is 5.91 Å². The molecule has 37 heavy (non-hydrogen) atoms. The Morgan fingerprint density at radius 3 is 2.22 bits per heavy atom. The van der Waals surface area contributed by atoms with Crippen molar-refractivity contribution in [3.05, 3.63) is 88.5 Å². The molecule has 0 aliphatic heterocycles. The predicted octanol–water partition coefficient (Wildman–Crippen LogP) is 6.07. The van der Waals surface area contributed by atoms with Crippen molar-refractivity contribution in [1.29, 1.82) is 0 Å². The Hall–Kier alpha value is -3.32. The lowest BCUT2D eigenvalue weighted by Crippen LogP contribution is -2.42. The molecule has 0 unspecified atom stereocenters. The normalized spacial score (nSPS) is 12.3. The maximum Gasteiger partial charge on any atom is 0.264 e. The number of para-hydroxylation sites is 1. The minimum absolute atomic E-state index is 0.150. The van der Waals surface area contributed by atoms with E-state index >= 15 is 0 Å². The highest BCUT2D eigenvalue weighted by Crippen LogP contribution is 2.32. The third-order valence-electron chi connectivity index (χ3n) is 6.62. The number of ether oxygens (including phenoxy) is 1. The molecule has 1 amide bonds. The smallest absolute Gasteiger partial charge is 0.264 e. The van der Waals surface area contributed by atoms with E-state index in [1.807, 2.05) is 45.9 Å². The van der Waals surface area contributed by atoms with Crippen LogP contribution in [0.3, 0.4) is 0 Å². The first-order chi connectivity index (χ1) is 17.5. The lowest BCUT2D eigenvalue weighted by Gasteiger charge is -2.27. The number of anilines is 1. The van der Waals surface area contributed by atoms with E-state index in [1.54, 1.807) is 43.5 Å². The zero-order valence-corrected chi connectivity index (χ0v) is 23.6. The molecule has 3 rings (SSSR count). The number of methoxy groups -OCH3 is 1. The van der Waals surface area contributed by atoms with Crippen LogP contribution in [0, 0.1) is 13.8 Å². The highest BCUT2D eigenvalue weighted by molar-refractivity contribution is 7.92. The van der Waals surface area contributed by atoms with Gasteiger partial charge < -0.3 is 10.1 Å². The summed E-state index contributed by atoms with van der Waals surface area (Å²) in [5, 5.41) is 3.03. The maximum atomic E-state index is 13.8. The number of carbonyl (C=O) groups is 1. The first-order valence-corrected chi connectivity index (χ1v) is 14.1. The second kappa shape index (κ2) is 11.8. The Balaban J connectivity index is 1.95. The Morgan fingerprint density at radius 2 is 1.62 bits per heavy atom. The molecule has 0 saturated carbocycles. The van der Waals surface area contributed by atoms with Crippen molar-refractivity contribution in [3.8, 4) is 5.75 Å². The Labute approximate surface area is 221 Å². The number of aryl methyl sites for hydroxylation is 3. The van der Waals surface area contributed by atoms with Crippen LogP contribution in [0.2, 0.25) is 0 Å². The van der Waals surface area contributed by atoms with E-state index in [0.29, 0.717) is 12.1 Å². The monoisotopic (exact) mass is 522 g/mol. The zero-order chi connectivity index (χ0) is 27.3. The van der Waals surface area contributed by atoms with E-state index < -0.39 is 10.0 Å². The number of carbonyl (C=O) groups excluding carboxylic acids is 1. The van der Waals surface area contributed by atoms with Crippen LogP contribution in [0.15, 0.2) is 65.6 Å². The third-order valence-corrected chi connectivity index (χ3v) is 8.40. The van der Waals surface area contributed by atoms with Gasteiger partial charge in [0.15, 0.2) is 0 Å². The summed E-state index contributed by atoms with van der Waals surface area (Å²) in [7, 11) is -2.32. The van der Waals surface area contributed by atoms with Crippen molar-refractivity contribution < 1.29 is 17.9 Å². The van der Waals surface area contributed by atoms with Gasteiger partial charge in [-0.1, -0.05) is 56.7 Å². The van der Waals surface area contributed by atoms with E-state index in [0.717, 1.165) is 33.6 Å². The standard InChI is InChI=1S/C30H38N2O4S/c1-8-24-11-9-10-12-28(24)32(37(34,35)25-15-13-21(4)14-16-25)19-30(33)31-23(6)27-18-26(20(2)3)29(36-7)17-22(27)5/h9-18,20,23H,8,19H2,1-7H3,(H,31,33)/t23-/m0/s1. The van der Waals surface area contributed by atoms with Crippen molar-refractivity contribution in [1.82, 2.24) is 5.32 Å². The molecule has 0 spiro atoms. The molecule has 6 nitrogen and oxygen atoms in total. The number of rotatable bonds is 10. The first kappa shape index (κ1) is 28.3. The van der Waals surface area contributed by atoms with Crippen LogP contribution in [0.25, 0.3) is 0 Å². The first-order valence-electron chi connectivity index (χ1n) is 12.6. The van der Waals surface area contributed by atoms with Crippen molar-refractivity contribution in [3.63, 3.8) is 0 Å². The van der Waals surface area contributed by atoms with Gasteiger partial charge in [0.05, 0.1) is 23.7 Å². The number of benzene rings is 3. The second-order valence-electron chi connectivity index (χ2n) is 9.70. The molecule has 3 aromatic carbocycles. The summed E-state index contributed by atoms with van der Waals surface area (Å²) in [6.07, 6.45) is 0.636. The minimum Gasteiger partial charge on any atom is -0.496 e. The molecule has 198 valence electrons. The summed E-state index contributed by atoms with van der Waals surface area (Å²) >= 11 is 0. The maximum absolute atomic E-state index is 13.8. The molecule has 1 N–H and O–H groups in total. The van der Waals surface area contributed by atoms with E-state index in [1.165, 1.54) is 4.31 Å². The zero-order valence-electron chi connectivity index (χ0n) is 22.8. The topological polar surface area (TPSA) is 75.7 Å². The van der Waals surface area contributed by atoms with Crippen LogP contribution >= 0.6 is 0 Å². The molecule has 0 aliphatic rings. The van der Waals surface area contributed by atoms with Crippen molar-refractivity contribution in [2.24, 2.45) is 0 Å². The molecule has 1 atom stereocenters. The van der Waals surface area contributed by atoms with Crippen LogP contribution in [-0.4, -0.2) is 28.0 Å². The van der Waals surface area contributed by atoms with Gasteiger partial charge in [-0.25, -0.2) is 8.42 Å². The summed E-state index contributed by atoms with van der Waals surface area (Å²) in [4.78, 5) is 13.5. The molecule has 0 aliphatic carbocycles. The summed E-state index contributed by atoms with van der Waals surface area (Å²) in [6.45, 7) is 11.6. The average molecular weight is 523 g/mol. The van der Waals surface area contributed by atoms with Crippen LogP contribution in [0.1, 0.15) is 67.5 Å². The number of hydrogen-bond donors (Lipinski definition) is 1. The lowest BCUT2D eigenvalue weighted by molar-refractivity contribution is -0.120. The summed E-state index contributed by atoms with van der Waals surface area (Å²) < 4.78 is 34.3. The number of hydrogen-bond acceptors (Lipinski definition) is 4. The average Bonchev–Trinajstić information content (AvgIpc) is 2.86. The van der Waals surface area contributed by atoms with Gasteiger partial charge in [-0.3, -0.25) is 9.10 Å². The van der Waals surface area contributed by atoms with Crippen molar-refractivity contribution in [2.75, 3.05) is 18.0 Å². The second-order valence-corrected chi connectivity index (χ2v) is 11.6. The molecule has 0 bridgehead atoms. The summed E-state index contributed by atoms with van der Waals surface area (Å²) in [6, 6.07) is 17.7. The highest BCUT2D eigenvalue weighted by atomic mass is 32.2. The number of nitrogens with one attached hydrogen (secondary N) is 1. The third kappa shape index (κ3) is 6.34. The molecule has 7 heteroatoms. The fraction of sp³-hybridized carbons (Fsp3) is 0.367. The summed E-state index contributed by atoms with van der Waals surface area (Å²) in [5.74, 6) is 0.689. The van der Waals surface area contributed by atoms with Gasteiger partial charge >= 0.3 is 0 Å². The van der Waals surface area contributed by atoms with Crippen molar-refractivity contribution in [2.45, 2.75) is 64.8 Å². The number of amides is 1. The molecule has 0 aromatic heterocycles. The fourth-order valence-corrected chi connectivity index (χ4v) is 5.95. The summed E-state index contributed by atoms with van der Waals surface area (Å²) in [5.41, 5.74) is 5.35. The van der Waals surface area contributed by atoms with Crippen LogP contribution in [-0.2, 0) is 21.2 Å². The Bertz CT molecular complexity index is 1350. The highest BCUT2D eigenvalue weighted by Gasteiger charge is 2.29. The molecular formula is C30H38N2O4S. The molecule has 0 saturated heterocycles. The number of sulfonamides is 1. The molecule has 0 fully saturated rings. The lowest BCUT2D eigenvalue weighted by atomic mass is 9.93. The van der Waals surface area contributed by atoms with Crippen molar-refractivity contribution >= 4 is 21.6 Å². The van der Waals surface area contributed by atoms with Gasteiger partial charge in [-0.2, -0.15) is 0 Å². The quantitative estimate of drug-likeness (QED) is 0.351. The van der Waals surface area contributed by atoms with Gasteiger partial charge in [0.1, 0.15) is 12.3 Å². The van der Waals surface area contributed by atoms with E-state index in [9.17, 15) is 13.2 Å². The molecular weight excluding hydrogens is 484 g/mol. The predicted molar refractivity (Wildman–Crippen MR) is 150 cm³/mol. The molecule has 0 heterocycles. The van der Waals surface area contributed by atoms with E-state index in [2.05, 4.69) is 25.2 Å². The Kier molecular flexibility index (Phi) is 9.02. The van der Waals surface area contributed by atoms with Gasteiger partial charge in [-0.15, -0.1) is 0 Å². The van der Waals surface area contributed by atoms with Gasteiger partial charge in [0, 0.05) is 0 Å². The van der Waals surface area contributed by atoms with E-state index in [4.69, 9.17) is 4.74 Å². The minimum atomic E-state index is -3.98. The number of nitrogens with zero attached hydrogens (tertiary/aromatic N) is 1. The SMILES string of the molecule is CCc1ccccc1N(CC(=O)N[C@@H](C)c1cc(C(C)C)c(OC)cc1C)S(=O)(=O)c1ccc(C)cc1. The fourth-order valence-electron chi connectivity index (χ4n) is 4.50. The van der Waals surface area contributed by atoms with Crippen LogP contribution < -0.4 is 14.4 Å². The van der Waals surface area contributed by atoms with E-state index in [-0.39, 0.29) is 29.3 Å². The van der Waals surface area contributed by atoms with Crippen LogP contribution in [0.4, 0.5) is 5.69 Å². The Morgan fingerprint density at radius 1 is 0.973 bits per heavy atom. The van der Waals surface area contributed by atoms with Gasteiger partial charge in [-0.05, 0) is 85.7 Å². The van der Waals surface area contributed by atoms with Gasteiger partial charge in [0.25, 0.3) is 10.0 Å². The molecule has 3 aromatic rings.